The van der Waals surface area contributed by atoms with Crippen LogP contribution in [-0.2, 0) is 20.1 Å². The molecular formula is C27H21IrN4-. The van der Waals surface area contributed by atoms with Crippen LogP contribution in [0, 0.1) is 26.8 Å². The molecule has 3 aromatic heterocycles. The van der Waals surface area contributed by atoms with Gasteiger partial charge in [-0.2, -0.15) is 0 Å². The van der Waals surface area contributed by atoms with E-state index < -0.39 is 0 Å². The summed E-state index contributed by atoms with van der Waals surface area (Å²) in [6, 6.07) is 20.5. The molecule has 0 unspecified atom stereocenters. The van der Waals surface area contributed by atoms with Crippen LogP contribution in [0.5, 0.6) is 0 Å². The smallest absolute Gasteiger partial charge is 0.126 e. The number of fused-ring (bicyclic) bond motifs is 6. The van der Waals surface area contributed by atoms with Crippen LogP contribution < -0.4 is 0 Å². The minimum atomic E-state index is 0. The summed E-state index contributed by atoms with van der Waals surface area (Å²) in [5, 5.41) is 3.31. The molecule has 0 atom stereocenters. The third-order valence-electron chi connectivity index (χ3n) is 6.05. The van der Waals surface area contributed by atoms with Crippen LogP contribution in [0.1, 0.15) is 16.7 Å². The van der Waals surface area contributed by atoms with Crippen molar-refractivity contribution in [3.05, 3.63) is 96.1 Å². The monoisotopic (exact) mass is 594 g/mol. The van der Waals surface area contributed by atoms with Crippen molar-refractivity contribution in [3.8, 4) is 17.1 Å². The van der Waals surface area contributed by atoms with Gasteiger partial charge in [0.2, 0.25) is 0 Å². The first-order valence-corrected chi connectivity index (χ1v) is 10.4. The average molecular weight is 594 g/mol. The number of benzene rings is 3. The van der Waals surface area contributed by atoms with E-state index in [0.717, 1.165) is 33.3 Å². The standard InChI is InChI=1S/C27H21N4.Ir/c1-17-15-18(2)25(19(3)16-17)31-14-12-29-27(31)22-9-6-8-21-24(22)20-7-4-5-10-23(20)30-13-11-28-26(21)30;/h4-7,9-16H,1-3H3;/q-1;. The van der Waals surface area contributed by atoms with Gasteiger partial charge in [-0.1, -0.05) is 52.2 Å². The second kappa shape index (κ2) is 7.70. The van der Waals surface area contributed by atoms with Crippen molar-refractivity contribution in [1.29, 1.82) is 0 Å². The number of aryl methyl sites for hydroxylation is 3. The third kappa shape index (κ3) is 2.93. The first kappa shape index (κ1) is 20.6. The Morgan fingerprint density at radius 3 is 2.44 bits per heavy atom. The number of hydrogen-bond acceptors (Lipinski definition) is 2. The molecule has 3 heterocycles. The van der Waals surface area contributed by atoms with Crippen LogP contribution in [-0.4, -0.2) is 18.9 Å². The van der Waals surface area contributed by atoms with E-state index in [1.165, 1.54) is 27.8 Å². The minimum absolute atomic E-state index is 0. The fourth-order valence-electron chi connectivity index (χ4n) is 4.95. The maximum absolute atomic E-state index is 4.81. The quantitative estimate of drug-likeness (QED) is 0.177. The van der Waals surface area contributed by atoms with E-state index in [-0.39, 0.29) is 20.1 Å². The third-order valence-corrected chi connectivity index (χ3v) is 6.05. The van der Waals surface area contributed by atoms with E-state index in [0.29, 0.717) is 0 Å². The first-order valence-electron chi connectivity index (χ1n) is 10.4. The molecule has 4 nitrogen and oxygen atoms in total. The van der Waals surface area contributed by atoms with E-state index >= 15 is 0 Å². The Morgan fingerprint density at radius 1 is 0.875 bits per heavy atom. The van der Waals surface area contributed by atoms with Crippen molar-refractivity contribution in [1.82, 2.24) is 18.9 Å². The summed E-state index contributed by atoms with van der Waals surface area (Å²) < 4.78 is 4.35. The molecule has 1 radical (unpaired) electrons. The molecule has 0 spiro atoms. The molecular weight excluding hydrogens is 573 g/mol. The Bertz CT molecular complexity index is 1600. The second-order valence-electron chi connectivity index (χ2n) is 8.15. The number of nitrogens with zero attached hydrogens (tertiary/aromatic N) is 4. The summed E-state index contributed by atoms with van der Waals surface area (Å²) in [6.07, 6.45) is 7.80. The van der Waals surface area contributed by atoms with Crippen LogP contribution in [0.2, 0.25) is 0 Å². The van der Waals surface area contributed by atoms with Crippen LogP contribution >= 0.6 is 0 Å². The summed E-state index contributed by atoms with van der Waals surface area (Å²) in [4.78, 5) is 9.46. The normalized spacial score (nSPS) is 11.3. The molecule has 0 amide bonds. The van der Waals surface area contributed by atoms with E-state index in [4.69, 9.17) is 4.98 Å². The second-order valence-corrected chi connectivity index (χ2v) is 8.15. The molecule has 6 aromatic rings. The van der Waals surface area contributed by atoms with Crippen LogP contribution in [0.3, 0.4) is 0 Å². The van der Waals surface area contributed by atoms with E-state index in [9.17, 15) is 0 Å². The van der Waals surface area contributed by atoms with Crippen molar-refractivity contribution in [3.63, 3.8) is 0 Å². The Labute approximate surface area is 199 Å². The van der Waals surface area contributed by atoms with Crippen LogP contribution in [0.15, 0.2) is 73.3 Å². The molecule has 0 saturated heterocycles. The zero-order valence-electron chi connectivity index (χ0n) is 18.1. The first-order chi connectivity index (χ1) is 15.1. The molecule has 0 aliphatic rings. The van der Waals surface area contributed by atoms with Crippen molar-refractivity contribution in [2.75, 3.05) is 0 Å². The predicted octanol–water partition coefficient (Wildman–Crippen LogP) is 6.22. The largest absolute Gasteiger partial charge is 0.340 e. The summed E-state index contributed by atoms with van der Waals surface area (Å²) in [6.45, 7) is 6.47. The SMILES string of the molecule is Cc1cc(C)c(-n2ccnc2-c2cc[c-]c3c2c2ccccc2n2ccnc32)c(C)c1.[Ir]. The van der Waals surface area contributed by atoms with Gasteiger partial charge in [0.15, 0.2) is 0 Å². The number of hydrogen-bond donors (Lipinski definition) is 0. The Hall–Kier alpha value is -3.27. The fourth-order valence-corrected chi connectivity index (χ4v) is 4.95. The van der Waals surface area contributed by atoms with Gasteiger partial charge in [-0.05, 0) is 43.4 Å². The van der Waals surface area contributed by atoms with Gasteiger partial charge in [-0.3, -0.25) is 4.98 Å². The molecule has 6 rings (SSSR count). The van der Waals surface area contributed by atoms with Crippen molar-refractivity contribution < 1.29 is 20.1 Å². The number of imidazole rings is 2. The molecule has 0 aliphatic carbocycles. The number of para-hydroxylation sites is 1. The average Bonchev–Trinajstić information content (AvgIpc) is 3.43. The summed E-state index contributed by atoms with van der Waals surface area (Å²) in [5.41, 5.74) is 8.06. The van der Waals surface area contributed by atoms with Crippen LogP contribution in [0.4, 0.5) is 0 Å². The summed E-state index contributed by atoms with van der Waals surface area (Å²) >= 11 is 0. The van der Waals surface area contributed by atoms with Gasteiger partial charge in [0.25, 0.3) is 0 Å². The fraction of sp³-hybridized carbons (Fsp3) is 0.111. The number of pyridine rings is 1. The molecule has 159 valence electrons. The zero-order valence-corrected chi connectivity index (χ0v) is 20.4. The van der Waals surface area contributed by atoms with Crippen LogP contribution in [0.25, 0.3) is 44.4 Å². The molecule has 0 N–H and O–H groups in total. The minimum Gasteiger partial charge on any atom is -0.340 e. The van der Waals surface area contributed by atoms with E-state index in [2.05, 4.69) is 89.5 Å². The Balaban J connectivity index is 0.00000216. The maximum atomic E-state index is 4.81. The van der Waals surface area contributed by atoms with E-state index in [1.54, 1.807) is 0 Å². The van der Waals surface area contributed by atoms with Gasteiger partial charge in [-0.15, -0.1) is 18.2 Å². The van der Waals surface area contributed by atoms with Gasteiger partial charge >= 0.3 is 0 Å². The Kier molecular flexibility index (Phi) is 4.96. The van der Waals surface area contributed by atoms with E-state index in [1.807, 2.05) is 24.7 Å². The van der Waals surface area contributed by atoms with Gasteiger partial charge in [0.1, 0.15) is 5.82 Å². The molecule has 32 heavy (non-hydrogen) atoms. The summed E-state index contributed by atoms with van der Waals surface area (Å²) in [5.74, 6) is 0.926. The van der Waals surface area contributed by atoms with Gasteiger partial charge in [0, 0.05) is 50.4 Å². The van der Waals surface area contributed by atoms with Crippen molar-refractivity contribution >= 4 is 27.3 Å². The molecule has 0 aliphatic heterocycles. The zero-order chi connectivity index (χ0) is 21.1. The summed E-state index contributed by atoms with van der Waals surface area (Å²) in [7, 11) is 0. The molecule has 0 fully saturated rings. The van der Waals surface area contributed by atoms with Crippen molar-refractivity contribution in [2.24, 2.45) is 0 Å². The molecule has 0 bridgehead atoms. The van der Waals surface area contributed by atoms with Gasteiger partial charge < -0.3 is 8.97 Å². The van der Waals surface area contributed by atoms with Gasteiger partial charge in [-0.25, -0.2) is 4.98 Å². The molecule has 5 heteroatoms. The topological polar surface area (TPSA) is 35.1 Å². The van der Waals surface area contributed by atoms with Crippen molar-refractivity contribution in [2.45, 2.75) is 20.8 Å². The van der Waals surface area contributed by atoms with Gasteiger partial charge in [0.05, 0.1) is 11.3 Å². The number of rotatable bonds is 2. The predicted molar refractivity (Wildman–Crippen MR) is 126 cm³/mol. The molecule has 3 aromatic carbocycles. The Morgan fingerprint density at radius 2 is 1.62 bits per heavy atom. The maximum Gasteiger partial charge on any atom is 0.126 e. The molecule has 0 saturated carbocycles. The number of aromatic nitrogens is 4.